The molecule has 3 rings (SSSR count). The first-order valence-electron chi connectivity index (χ1n) is 8.52. The summed E-state index contributed by atoms with van der Waals surface area (Å²) in [6.07, 6.45) is 0.727. The van der Waals surface area contributed by atoms with Crippen LogP contribution >= 0.6 is 27.3 Å². The molecule has 1 unspecified atom stereocenters. The van der Waals surface area contributed by atoms with Gasteiger partial charge in [-0.3, -0.25) is 4.79 Å². The zero-order valence-corrected chi connectivity index (χ0v) is 17.7. The molecule has 0 spiro atoms. The van der Waals surface area contributed by atoms with Crippen LogP contribution in [0.4, 0.5) is 0 Å². The van der Waals surface area contributed by atoms with E-state index in [0.29, 0.717) is 30.4 Å². The minimum absolute atomic E-state index is 0.0783. The molecule has 8 heteroatoms. The van der Waals surface area contributed by atoms with Gasteiger partial charge in [-0.25, -0.2) is 8.42 Å². The lowest BCUT2D eigenvalue weighted by Gasteiger charge is -2.35. The molecule has 26 heavy (non-hydrogen) atoms. The molecule has 1 amide bonds. The van der Waals surface area contributed by atoms with Crippen LogP contribution in [0.25, 0.3) is 0 Å². The van der Waals surface area contributed by atoms with E-state index < -0.39 is 10.0 Å². The molecule has 1 saturated heterocycles. The Kier molecular flexibility index (Phi) is 6.17. The van der Waals surface area contributed by atoms with Crippen LogP contribution in [-0.2, 0) is 14.8 Å². The number of rotatable bonds is 5. The molecular weight excluding hydrogens is 436 g/mol. The van der Waals surface area contributed by atoms with Gasteiger partial charge in [-0.1, -0.05) is 37.3 Å². The third-order valence-corrected chi connectivity index (χ3v) is 8.59. The lowest BCUT2D eigenvalue weighted by molar-refractivity contribution is -0.134. The van der Waals surface area contributed by atoms with Crippen molar-refractivity contribution < 1.29 is 13.2 Å². The highest BCUT2D eigenvalue weighted by molar-refractivity contribution is 9.11. The first-order valence-corrected chi connectivity index (χ1v) is 11.6. The molecule has 1 aromatic heterocycles. The summed E-state index contributed by atoms with van der Waals surface area (Å²) in [5.41, 5.74) is 1.01. The summed E-state index contributed by atoms with van der Waals surface area (Å²) in [7, 11) is -3.48. The molecule has 0 saturated carbocycles. The number of piperazine rings is 1. The van der Waals surface area contributed by atoms with Crippen molar-refractivity contribution in [2.45, 2.75) is 23.5 Å². The van der Waals surface area contributed by atoms with Crippen LogP contribution in [0, 0.1) is 0 Å². The molecule has 0 aliphatic carbocycles. The number of hydrogen-bond acceptors (Lipinski definition) is 4. The van der Waals surface area contributed by atoms with E-state index in [1.54, 1.807) is 17.0 Å². The van der Waals surface area contributed by atoms with Gasteiger partial charge in [-0.2, -0.15) is 4.31 Å². The highest BCUT2D eigenvalue weighted by Crippen LogP contribution is 2.29. The van der Waals surface area contributed by atoms with Gasteiger partial charge >= 0.3 is 0 Å². The van der Waals surface area contributed by atoms with Crippen LogP contribution in [0.1, 0.15) is 24.8 Å². The average molecular weight is 457 g/mol. The second-order valence-electron chi connectivity index (χ2n) is 6.16. The van der Waals surface area contributed by atoms with E-state index in [1.165, 1.54) is 15.6 Å². The highest BCUT2D eigenvalue weighted by Gasteiger charge is 2.33. The van der Waals surface area contributed by atoms with Gasteiger partial charge in [0, 0.05) is 26.2 Å². The molecule has 1 aromatic carbocycles. The molecule has 1 aliphatic heterocycles. The fraction of sp³-hybridized carbons (Fsp3) is 0.389. The second kappa shape index (κ2) is 8.21. The summed E-state index contributed by atoms with van der Waals surface area (Å²) >= 11 is 4.51. The maximum Gasteiger partial charge on any atom is 0.252 e. The Balaban J connectivity index is 1.67. The van der Waals surface area contributed by atoms with Gasteiger partial charge in [0.05, 0.1) is 9.70 Å². The molecule has 2 heterocycles. The average Bonchev–Trinajstić information content (AvgIpc) is 3.10. The summed E-state index contributed by atoms with van der Waals surface area (Å²) in [6.45, 7) is 3.51. The summed E-state index contributed by atoms with van der Waals surface area (Å²) in [5, 5.41) is 0. The number of carbonyl (C=O) groups excluding carboxylic acids is 1. The van der Waals surface area contributed by atoms with Gasteiger partial charge < -0.3 is 4.90 Å². The number of thiophene rings is 1. The molecule has 1 aliphatic rings. The van der Waals surface area contributed by atoms with Crippen molar-refractivity contribution in [1.82, 2.24) is 9.21 Å². The van der Waals surface area contributed by atoms with Crippen LogP contribution in [-0.4, -0.2) is 49.7 Å². The Hall–Kier alpha value is -1.22. The van der Waals surface area contributed by atoms with Crippen molar-refractivity contribution >= 4 is 43.2 Å². The minimum Gasteiger partial charge on any atom is -0.340 e. The fourth-order valence-electron chi connectivity index (χ4n) is 3.17. The third-order valence-electron chi connectivity index (χ3n) is 4.60. The zero-order chi connectivity index (χ0) is 18.7. The van der Waals surface area contributed by atoms with Gasteiger partial charge in [0.15, 0.2) is 0 Å². The third kappa shape index (κ3) is 4.03. The second-order valence-corrected chi connectivity index (χ2v) is 10.8. The zero-order valence-electron chi connectivity index (χ0n) is 14.5. The van der Waals surface area contributed by atoms with Crippen molar-refractivity contribution in [2.24, 2.45) is 0 Å². The van der Waals surface area contributed by atoms with E-state index in [4.69, 9.17) is 0 Å². The van der Waals surface area contributed by atoms with Gasteiger partial charge in [-0.15, -0.1) is 11.3 Å². The predicted octanol–water partition coefficient (Wildman–Crippen LogP) is 3.54. The molecule has 0 radical (unpaired) electrons. The molecule has 140 valence electrons. The van der Waals surface area contributed by atoms with Crippen LogP contribution in [0.3, 0.4) is 0 Å². The molecule has 1 atom stereocenters. The number of amides is 1. The Morgan fingerprint density at radius 1 is 1.12 bits per heavy atom. The van der Waals surface area contributed by atoms with Crippen molar-refractivity contribution in [1.29, 1.82) is 0 Å². The lowest BCUT2D eigenvalue weighted by Crippen LogP contribution is -2.51. The number of halogens is 1. The summed E-state index contributed by atoms with van der Waals surface area (Å²) < 4.78 is 28.0. The normalized spacial score (nSPS) is 17.2. The Labute approximate surface area is 166 Å². The standard InChI is InChI=1S/C18H21BrN2O3S2/c1-2-15(14-6-4-3-5-7-14)18(22)20-10-12-21(13-11-20)26(23,24)17-9-8-16(19)25-17/h3-9,15H,2,10-13H2,1H3. The first-order chi connectivity index (χ1) is 12.4. The van der Waals surface area contributed by atoms with E-state index in [2.05, 4.69) is 15.9 Å². The first kappa shape index (κ1) is 19.5. The summed E-state index contributed by atoms with van der Waals surface area (Å²) in [6, 6.07) is 13.1. The van der Waals surface area contributed by atoms with E-state index in [0.717, 1.165) is 15.8 Å². The largest absolute Gasteiger partial charge is 0.340 e. The number of sulfonamides is 1. The number of hydrogen-bond donors (Lipinski definition) is 0. The Morgan fingerprint density at radius 3 is 2.31 bits per heavy atom. The SMILES string of the molecule is CCC(C(=O)N1CCN(S(=O)(=O)c2ccc(Br)s2)CC1)c1ccccc1. The fourth-order valence-corrected chi connectivity index (χ4v) is 6.76. The predicted molar refractivity (Wildman–Crippen MR) is 107 cm³/mol. The van der Waals surface area contributed by atoms with Crippen molar-refractivity contribution in [3.8, 4) is 0 Å². The minimum atomic E-state index is -3.48. The van der Waals surface area contributed by atoms with Crippen LogP contribution in [0.5, 0.6) is 0 Å². The summed E-state index contributed by atoms with van der Waals surface area (Å²) in [4.78, 5) is 14.7. The lowest BCUT2D eigenvalue weighted by atomic mass is 9.95. The number of carbonyl (C=O) groups is 1. The maximum atomic E-state index is 12.9. The topological polar surface area (TPSA) is 57.7 Å². The van der Waals surface area contributed by atoms with Crippen LogP contribution in [0.15, 0.2) is 50.5 Å². The van der Waals surface area contributed by atoms with Crippen LogP contribution in [0.2, 0.25) is 0 Å². The smallest absolute Gasteiger partial charge is 0.252 e. The van der Waals surface area contributed by atoms with E-state index in [9.17, 15) is 13.2 Å². The van der Waals surface area contributed by atoms with Gasteiger partial charge in [0.1, 0.15) is 4.21 Å². The molecule has 0 bridgehead atoms. The molecular formula is C18H21BrN2O3S2. The van der Waals surface area contributed by atoms with E-state index in [-0.39, 0.29) is 11.8 Å². The summed E-state index contributed by atoms with van der Waals surface area (Å²) in [5.74, 6) is -0.0952. The molecule has 2 aromatic rings. The van der Waals surface area contributed by atoms with Crippen LogP contribution < -0.4 is 0 Å². The molecule has 5 nitrogen and oxygen atoms in total. The maximum absolute atomic E-state index is 12.9. The quantitative estimate of drug-likeness (QED) is 0.690. The van der Waals surface area contributed by atoms with E-state index in [1.807, 2.05) is 37.3 Å². The van der Waals surface area contributed by atoms with Crippen molar-refractivity contribution in [3.05, 3.63) is 51.8 Å². The Morgan fingerprint density at radius 2 is 1.77 bits per heavy atom. The Bertz CT molecular complexity index is 860. The van der Waals surface area contributed by atoms with Gasteiger partial charge in [0.25, 0.3) is 10.0 Å². The number of nitrogens with zero attached hydrogens (tertiary/aromatic N) is 2. The monoisotopic (exact) mass is 456 g/mol. The van der Waals surface area contributed by atoms with Crippen molar-refractivity contribution in [3.63, 3.8) is 0 Å². The van der Waals surface area contributed by atoms with E-state index >= 15 is 0 Å². The molecule has 0 N–H and O–H groups in total. The van der Waals surface area contributed by atoms with Gasteiger partial charge in [-0.05, 0) is 40.0 Å². The van der Waals surface area contributed by atoms with Gasteiger partial charge in [0.2, 0.25) is 5.91 Å². The molecule has 1 fully saturated rings. The highest BCUT2D eigenvalue weighted by atomic mass is 79.9. The number of benzene rings is 1. The van der Waals surface area contributed by atoms with Crippen molar-refractivity contribution in [2.75, 3.05) is 26.2 Å².